The maximum atomic E-state index is 13.4. The SMILES string of the molecule is Cc1noc(C)c1CN[C@@H]1CCO[C@@H]1c1ccc(F)c(F)c1. The summed E-state index contributed by atoms with van der Waals surface area (Å²) >= 11 is 0. The lowest BCUT2D eigenvalue weighted by Gasteiger charge is -2.20. The molecule has 1 N–H and O–H groups in total. The molecule has 2 atom stereocenters. The lowest BCUT2D eigenvalue weighted by atomic mass is 10.0. The third-order valence-corrected chi connectivity index (χ3v) is 4.09. The first-order valence-corrected chi connectivity index (χ1v) is 7.28. The highest BCUT2D eigenvalue weighted by Gasteiger charge is 2.30. The molecule has 6 heteroatoms. The second-order valence-electron chi connectivity index (χ2n) is 5.54. The van der Waals surface area contributed by atoms with Crippen LogP contribution in [0.3, 0.4) is 0 Å². The van der Waals surface area contributed by atoms with Gasteiger partial charge >= 0.3 is 0 Å². The minimum atomic E-state index is -0.850. The van der Waals surface area contributed by atoms with E-state index in [1.165, 1.54) is 6.07 Å². The number of aryl methyl sites for hydroxylation is 2. The standard InChI is InChI=1S/C16H18F2N2O2/c1-9-12(10(2)22-20-9)8-19-15-5-6-21-16(15)11-3-4-13(17)14(18)7-11/h3-4,7,15-16,19H,5-6,8H2,1-2H3/t15-,16-/m1/s1. The highest BCUT2D eigenvalue weighted by Crippen LogP contribution is 2.30. The number of ether oxygens (including phenoxy) is 1. The molecule has 4 nitrogen and oxygen atoms in total. The molecule has 1 aromatic heterocycles. The molecule has 3 rings (SSSR count). The molecule has 2 aromatic rings. The van der Waals surface area contributed by atoms with Crippen LogP contribution in [0.5, 0.6) is 0 Å². The molecule has 1 fully saturated rings. The Bertz CT molecular complexity index is 653. The van der Waals surface area contributed by atoms with Gasteiger partial charge in [0.2, 0.25) is 0 Å². The molecule has 1 aliphatic heterocycles. The fourth-order valence-electron chi connectivity index (χ4n) is 2.80. The Morgan fingerprint density at radius 2 is 2.09 bits per heavy atom. The van der Waals surface area contributed by atoms with Crippen molar-refractivity contribution >= 4 is 0 Å². The molecule has 0 saturated carbocycles. The van der Waals surface area contributed by atoms with Crippen LogP contribution in [0.1, 0.15) is 35.1 Å². The van der Waals surface area contributed by atoms with Crippen LogP contribution >= 0.6 is 0 Å². The first-order chi connectivity index (χ1) is 10.6. The first kappa shape index (κ1) is 15.1. The van der Waals surface area contributed by atoms with Crippen LogP contribution < -0.4 is 5.32 Å². The quantitative estimate of drug-likeness (QED) is 0.942. The Balaban J connectivity index is 1.72. The summed E-state index contributed by atoms with van der Waals surface area (Å²) in [5, 5.41) is 7.33. The maximum Gasteiger partial charge on any atom is 0.159 e. The molecule has 118 valence electrons. The van der Waals surface area contributed by atoms with Gasteiger partial charge in [0.25, 0.3) is 0 Å². The maximum absolute atomic E-state index is 13.4. The molecule has 0 spiro atoms. The van der Waals surface area contributed by atoms with Gasteiger partial charge in [-0.05, 0) is 38.0 Å². The van der Waals surface area contributed by atoms with Gasteiger partial charge in [0.1, 0.15) is 5.76 Å². The summed E-state index contributed by atoms with van der Waals surface area (Å²) in [5.41, 5.74) is 2.52. The van der Waals surface area contributed by atoms with E-state index in [9.17, 15) is 8.78 Å². The van der Waals surface area contributed by atoms with Gasteiger partial charge in [-0.25, -0.2) is 8.78 Å². The third-order valence-electron chi connectivity index (χ3n) is 4.09. The molecule has 0 unspecified atom stereocenters. The highest BCUT2D eigenvalue weighted by atomic mass is 19.2. The first-order valence-electron chi connectivity index (χ1n) is 7.28. The van der Waals surface area contributed by atoms with Crippen LogP contribution in [0.2, 0.25) is 0 Å². The van der Waals surface area contributed by atoms with Crippen LogP contribution in [0, 0.1) is 25.5 Å². The van der Waals surface area contributed by atoms with E-state index in [1.807, 2.05) is 13.8 Å². The molecule has 2 heterocycles. The Labute approximate surface area is 127 Å². The van der Waals surface area contributed by atoms with Crippen molar-refractivity contribution in [2.45, 2.75) is 39.0 Å². The van der Waals surface area contributed by atoms with Gasteiger partial charge in [0, 0.05) is 24.8 Å². The minimum absolute atomic E-state index is 0.0403. The molecule has 1 saturated heterocycles. The second-order valence-corrected chi connectivity index (χ2v) is 5.54. The molecule has 0 radical (unpaired) electrons. The predicted molar refractivity (Wildman–Crippen MR) is 76.3 cm³/mol. The van der Waals surface area contributed by atoms with E-state index >= 15 is 0 Å². The van der Waals surface area contributed by atoms with Crippen LogP contribution in [0.4, 0.5) is 8.78 Å². The average Bonchev–Trinajstić information content (AvgIpc) is 3.08. The second kappa shape index (κ2) is 6.14. The van der Waals surface area contributed by atoms with E-state index in [-0.39, 0.29) is 12.1 Å². The van der Waals surface area contributed by atoms with Crippen molar-refractivity contribution in [3.05, 3.63) is 52.4 Å². The summed E-state index contributed by atoms with van der Waals surface area (Å²) in [6.07, 6.45) is 0.531. The molecule has 0 amide bonds. The number of hydrogen-bond acceptors (Lipinski definition) is 4. The van der Waals surface area contributed by atoms with E-state index in [2.05, 4.69) is 10.5 Å². The summed E-state index contributed by atoms with van der Waals surface area (Å²) in [6.45, 7) is 4.96. The van der Waals surface area contributed by atoms with E-state index in [0.717, 1.165) is 29.5 Å². The van der Waals surface area contributed by atoms with Crippen molar-refractivity contribution in [1.82, 2.24) is 10.5 Å². The normalized spacial score (nSPS) is 21.5. The molecule has 22 heavy (non-hydrogen) atoms. The molecule has 0 bridgehead atoms. The van der Waals surface area contributed by atoms with Gasteiger partial charge in [0.05, 0.1) is 11.8 Å². The van der Waals surface area contributed by atoms with Gasteiger partial charge in [-0.1, -0.05) is 11.2 Å². The summed E-state index contributed by atoms with van der Waals surface area (Å²) in [5.74, 6) is -0.909. The van der Waals surface area contributed by atoms with Crippen LogP contribution in [0.15, 0.2) is 22.7 Å². The zero-order valence-electron chi connectivity index (χ0n) is 12.5. The summed E-state index contributed by atoms with van der Waals surface area (Å²) < 4.78 is 37.3. The van der Waals surface area contributed by atoms with Crippen LogP contribution in [0.25, 0.3) is 0 Å². The summed E-state index contributed by atoms with van der Waals surface area (Å²) in [7, 11) is 0. The monoisotopic (exact) mass is 308 g/mol. The fraction of sp³-hybridized carbons (Fsp3) is 0.438. The van der Waals surface area contributed by atoms with Crippen LogP contribution in [-0.2, 0) is 11.3 Å². The number of hydrogen-bond donors (Lipinski definition) is 1. The lowest BCUT2D eigenvalue weighted by Crippen LogP contribution is -2.31. The molecular formula is C16H18F2N2O2. The summed E-state index contributed by atoms with van der Waals surface area (Å²) in [4.78, 5) is 0. The molecular weight excluding hydrogens is 290 g/mol. The average molecular weight is 308 g/mol. The van der Waals surface area contributed by atoms with Crippen molar-refractivity contribution in [2.75, 3.05) is 6.61 Å². The fourth-order valence-corrected chi connectivity index (χ4v) is 2.80. The van der Waals surface area contributed by atoms with E-state index in [4.69, 9.17) is 9.26 Å². The van der Waals surface area contributed by atoms with Gasteiger partial charge in [-0.3, -0.25) is 0 Å². The Morgan fingerprint density at radius 1 is 1.27 bits per heavy atom. The smallest absolute Gasteiger partial charge is 0.159 e. The van der Waals surface area contributed by atoms with E-state index in [1.54, 1.807) is 6.07 Å². The van der Waals surface area contributed by atoms with Crippen LogP contribution in [-0.4, -0.2) is 17.8 Å². The topological polar surface area (TPSA) is 47.3 Å². The Morgan fingerprint density at radius 3 is 2.77 bits per heavy atom. The van der Waals surface area contributed by atoms with Gasteiger partial charge in [0.15, 0.2) is 11.6 Å². The van der Waals surface area contributed by atoms with Gasteiger partial charge in [-0.2, -0.15) is 0 Å². The number of halogens is 2. The number of nitrogens with zero attached hydrogens (tertiary/aromatic N) is 1. The predicted octanol–water partition coefficient (Wildman–Crippen LogP) is 3.19. The summed E-state index contributed by atoms with van der Waals surface area (Å²) in [6, 6.07) is 3.95. The molecule has 0 aliphatic carbocycles. The number of benzene rings is 1. The third kappa shape index (κ3) is 2.89. The van der Waals surface area contributed by atoms with Gasteiger partial charge in [-0.15, -0.1) is 0 Å². The Kier molecular flexibility index (Phi) is 4.22. The zero-order valence-corrected chi connectivity index (χ0v) is 12.5. The van der Waals surface area contributed by atoms with Gasteiger partial charge < -0.3 is 14.6 Å². The van der Waals surface area contributed by atoms with E-state index < -0.39 is 11.6 Å². The van der Waals surface area contributed by atoms with Crippen molar-refractivity contribution in [1.29, 1.82) is 0 Å². The zero-order chi connectivity index (χ0) is 15.7. The number of nitrogens with one attached hydrogen (secondary N) is 1. The van der Waals surface area contributed by atoms with Crippen molar-refractivity contribution in [2.24, 2.45) is 0 Å². The molecule has 1 aliphatic rings. The highest BCUT2D eigenvalue weighted by molar-refractivity contribution is 5.24. The van der Waals surface area contributed by atoms with Crippen molar-refractivity contribution in [3.8, 4) is 0 Å². The Hall–Kier alpha value is -1.79. The number of aromatic nitrogens is 1. The number of rotatable bonds is 4. The minimum Gasteiger partial charge on any atom is -0.372 e. The largest absolute Gasteiger partial charge is 0.372 e. The van der Waals surface area contributed by atoms with Crippen molar-refractivity contribution < 1.29 is 18.0 Å². The van der Waals surface area contributed by atoms with Crippen molar-refractivity contribution in [3.63, 3.8) is 0 Å². The van der Waals surface area contributed by atoms with E-state index in [0.29, 0.717) is 18.7 Å². The lowest BCUT2D eigenvalue weighted by molar-refractivity contribution is 0.0981. The molecule has 1 aromatic carbocycles.